The summed E-state index contributed by atoms with van der Waals surface area (Å²) in [6.45, 7) is 0. The summed E-state index contributed by atoms with van der Waals surface area (Å²) in [5.74, 6) is 0. The van der Waals surface area contributed by atoms with Gasteiger partial charge in [0.25, 0.3) is 0 Å². The van der Waals surface area contributed by atoms with Crippen molar-refractivity contribution < 1.29 is 5.11 Å². The highest BCUT2D eigenvalue weighted by atomic mass is 79.9. The van der Waals surface area contributed by atoms with Gasteiger partial charge in [0.2, 0.25) is 0 Å². The molecule has 0 bridgehead atoms. The number of fused-ring (bicyclic) bond motifs is 2. The molecule has 0 heterocycles. The average molecular weight is 301 g/mol. The van der Waals surface area contributed by atoms with Crippen LogP contribution in [0.1, 0.15) is 28.4 Å². The maximum absolute atomic E-state index is 10.4. The first kappa shape index (κ1) is 11.7. The molecular formula is C16H13BrO. The molecule has 1 nitrogen and oxygen atoms in total. The third-order valence-corrected chi connectivity index (χ3v) is 3.98. The lowest BCUT2D eigenvalue weighted by atomic mass is 9.91. The summed E-state index contributed by atoms with van der Waals surface area (Å²) >= 11 is 3.64. The highest BCUT2D eigenvalue weighted by Crippen LogP contribution is 2.34. The number of hydrogen-bond acceptors (Lipinski definition) is 1. The first-order valence-corrected chi connectivity index (χ1v) is 6.77. The molecule has 0 spiro atoms. The molecule has 1 atom stereocenters. The number of rotatable bonds is 0. The summed E-state index contributed by atoms with van der Waals surface area (Å²) in [5, 5.41) is 10.4. The van der Waals surface area contributed by atoms with Gasteiger partial charge >= 0.3 is 0 Å². The van der Waals surface area contributed by atoms with Crippen LogP contribution in [0.5, 0.6) is 0 Å². The molecule has 3 rings (SSSR count). The van der Waals surface area contributed by atoms with Gasteiger partial charge in [0.05, 0.1) is 6.10 Å². The summed E-state index contributed by atoms with van der Waals surface area (Å²) < 4.78 is 1.07. The SMILES string of the molecule is OC1Cc2ccccc2/C(Br)=C\c2ccccc21. The molecule has 2 aromatic rings. The number of benzene rings is 2. The van der Waals surface area contributed by atoms with Crippen LogP contribution < -0.4 is 0 Å². The van der Waals surface area contributed by atoms with Gasteiger partial charge in [-0.25, -0.2) is 0 Å². The molecule has 2 heteroatoms. The van der Waals surface area contributed by atoms with E-state index in [-0.39, 0.29) is 0 Å². The first-order chi connectivity index (χ1) is 8.75. The summed E-state index contributed by atoms with van der Waals surface area (Å²) in [6.07, 6.45) is 2.28. The fraction of sp³-hybridized carbons (Fsp3) is 0.125. The zero-order chi connectivity index (χ0) is 12.5. The highest BCUT2D eigenvalue weighted by Gasteiger charge is 2.17. The lowest BCUT2D eigenvalue weighted by Gasteiger charge is -2.19. The minimum absolute atomic E-state index is 0.445. The molecule has 1 unspecified atom stereocenters. The lowest BCUT2D eigenvalue weighted by Crippen LogP contribution is -2.07. The quantitative estimate of drug-likeness (QED) is 0.774. The van der Waals surface area contributed by atoms with Crippen molar-refractivity contribution in [3.63, 3.8) is 0 Å². The van der Waals surface area contributed by atoms with Crippen molar-refractivity contribution in [3.05, 3.63) is 70.8 Å². The second-order valence-electron chi connectivity index (χ2n) is 4.50. The summed E-state index contributed by atoms with van der Waals surface area (Å²) in [7, 11) is 0. The van der Waals surface area contributed by atoms with Gasteiger partial charge in [0.1, 0.15) is 0 Å². The predicted octanol–water partition coefficient (Wildman–Crippen LogP) is 4.17. The Morgan fingerprint density at radius 2 is 1.72 bits per heavy atom. The minimum atomic E-state index is -0.445. The number of hydrogen-bond donors (Lipinski definition) is 1. The zero-order valence-corrected chi connectivity index (χ0v) is 11.4. The van der Waals surface area contributed by atoms with E-state index in [9.17, 15) is 5.11 Å². The van der Waals surface area contributed by atoms with Gasteiger partial charge in [-0.2, -0.15) is 0 Å². The lowest BCUT2D eigenvalue weighted by molar-refractivity contribution is 0.178. The second-order valence-corrected chi connectivity index (χ2v) is 5.35. The summed E-state index contributed by atoms with van der Waals surface area (Å²) in [4.78, 5) is 0. The van der Waals surface area contributed by atoms with E-state index in [1.807, 2.05) is 36.4 Å². The molecule has 0 fully saturated rings. The Kier molecular flexibility index (Phi) is 3.06. The van der Waals surface area contributed by atoms with Gasteiger partial charge in [0.15, 0.2) is 0 Å². The van der Waals surface area contributed by atoms with Gasteiger partial charge in [-0.05, 0) is 28.3 Å². The second kappa shape index (κ2) is 4.71. The predicted molar refractivity (Wildman–Crippen MR) is 78.3 cm³/mol. The van der Waals surface area contributed by atoms with Crippen LogP contribution in [0, 0.1) is 0 Å². The van der Waals surface area contributed by atoms with E-state index in [0.29, 0.717) is 6.42 Å². The van der Waals surface area contributed by atoms with Crippen LogP contribution in [0.3, 0.4) is 0 Å². The van der Waals surface area contributed by atoms with Crippen molar-refractivity contribution in [1.82, 2.24) is 0 Å². The number of halogens is 1. The van der Waals surface area contributed by atoms with Crippen LogP contribution in [-0.4, -0.2) is 5.11 Å². The molecule has 18 heavy (non-hydrogen) atoms. The van der Waals surface area contributed by atoms with Crippen LogP contribution in [0.2, 0.25) is 0 Å². The Morgan fingerprint density at radius 3 is 2.61 bits per heavy atom. The molecule has 1 aliphatic rings. The van der Waals surface area contributed by atoms with Crippen molar-refractivity contribution in [1.29, 1.82) is 0 Å². The Morgan fingerprint density at radius 1 is 1.00 bits per heavy atom. The molecule has 0 aliphatic heterocycles. The van der Waals surface area contributed by atoms with Crippen LogP contribution in [-0.2, 0) is 6.42 Å². The molecule has 2 aromatic carbocycles. The van der Waals surface area contributed by atoms with Crippen LogP contribution in [0.4, 0.5) is 0 Å². The van der Waals surface area contributed by atoms with Gasteiger partial charge in [-0.1, -0.05) is 64.5 Å². The van der Waals surface area contributed by atoms with E-state index in [1.54, 1.807) is 0 Å². The summed E-state index contributed by atoms with van der Waals surface area (Å²) in [6, 6.07) is 16.2. The first-order valence-electron chi connectivity index (χ1n) is 5.98. The van der Waals surface area contributed by atoms with Crippen molar-refractivity contribution in [3.8, 4) is 0 Å². The zero-order valence-electron chi connectivity index (χ0n) is 9.81. The monoisotopic (exact) mass is 300 g/mol. The van der Waals surface area contributed by atoms with Gasteiger partial charge in [-0.15, -0.1) is 0 Å². The van der Waals surface area contributed by atoms with E-state index in [2.05, 4.69) is 34.1 Å². The number of aliphatic hydroxyl groups is 1. The molecule has 0 radical (unpaired) electrons. The topological polar surface area (TPSA) is 20.2 Å². The van der Waals surface area contributed by atoms with Crippen molar-refractivity contribution in [2.75, 3.05) is 0 Å². The third kappa shape index (κ3) is 2.02. The minimum Gasteiger partial charge on any atom is -0.388 e. The normalized spacial score (nSPS) is 21.0. The van der Waals surface area contributed by atoms with E-state index < -0.39 is 6.10 Å². The van der Waals surface area contributed by atoms with Gasteiger partial charge in [-0.3, -0.25) is 0 Å². The largest absolute Gasteiger partial charge is 0.388 e. The van der Waals surface area contributed by atoms with E-state index >= 15 is 0 Å². The van der Waals surface area contributed by atoms with Crippen molar-refractivity contribution in [2.24, 2.45) is 0 Å². The Balaban J connectivity index is 2.23. The molecule has 0 saturated carbocycles. The van der Waals surface area contributed by atoms with Crippen molar-refractivity contribution in [2.45, 2.75) is 12.5 Å². The Bertz CT molecular complexity index is 616. The van der Waals surface area contributed by atoms with Crippen LogP contribution in [0.25, 0.3) is 10.6 Å². The standard InChI is InChI=1S/C16H13BrO/c17-15-9-11-5-2-4-8-14(11)16(18)10-12-6-1-3-7-13(12)15/h1-9,16,18H,10H2/b15-9+. The maximum atomic E-state index is 10.4. The number of aliphatic hydroxyl groups excluding tert-OH is 1. The molecule has 0 amide bonds. The van der Waals surface area contributed by atoms with Crippen LogP contribution >= 0.6 is 15.9 Å². The van der Waals surface area contributed by atoms with Crippen molar-refractivity contribution >= 4 is 26.5 Å². The molecule has 1 N–H and O–H groups in total. The van der Waals surface area contributed by atoms with Gasteiger partial charge < -0.3 is 5.11 Å². The van der Waals surface area contributed by atoms with E-state index in [0.717, 1.165) is 21.2 Å². The molecular weight excluding hydrogens is 288 g/mol. The molecule has 0 saturated heterocycles. The fourth-order valence-corrected chi connectivity index (χ4v) is 3.04. The molecule has 0 aromatic heterocycles. The Hall–Kier alpha value is -1.38. The summed E-state index contributed by atoms with van der Waals surface area (Å²) in [5.41, 5.74) is 4.39. The third-order valence-electron chi connectivity index (χ3n) is 3.33. The fourth-order valence-electron chi connectivity index (χ4n) is 2.41. The van der Waals surface area contributed by atoms with E-state index in [1.165, 1.54) is 5.56 Å². The van der Waals surface area contributed by atoms with Crippen LogP contribution in [0.15, 0.2) is 48.5 Å². The highest BCUT2D eigenvalue weighted by molar-refractivity contribution is 9.15. The maximum Gasteiger partial charge on any atom is 0.0836 e. The molecule has 90 valence electrons. The Labute approximate surface area is 115 Å². The molecule has 1 aliphatic carbocycles. The van der Waals surface area contributed by atoms with Gasteiger partial charge in [0, 0.05) is 10.9 Å². The smallest absolute Gasteiger partial charge is 0.0836 e. The average Bonchev–Trinajstić information content (AvgIpc) is 2.38. The van der Waals surface area contributed by atoms with E-state index in [4.69, 9.17) is 0 Å².